The molecule has 1 aromatic carbocycles. The smallest absolute Gasteiger partial charge is 0.221 e. The van der Waals surface area contributed by atoms with Crippen LogP contribution in [0.4, 0.5) is 5.69 Å². The monoisotopic (exact) mass is 415 g/mol. The number of fused-ring (bicyclic) bond motifs is 5. The first-order chi connectivity index (χ1) is 12.1. The summed E-state index contributed by atoms with van der Waals surface area (Å²) in [4.78, 5) is 17.5. The third-order valence-corrected chi connectivity index (χ3v) is 6.19. The summed E-state index contributed by atoms with van der Waals surface area (Å²) >= 11 is 5.51. The zero-order valence-corrected chi connectivity index (χ0v) is 16.5. The Labute approximate surface area is 159 Å². The van der Waals surface area contributed by atoms with Gasteiger partial charge in [-0.05, 0) is 58.3 Å². The zero-order valence-electron chi connectivity index (χ0n) is 14.1. The molecule has 0 radical (unpaired) electrons. The zero-order chi connectivity index (χ0) is 17.6. The number of carbonyl (C=O) groups excluding carboxylic acids is 1. The van der Waals surface area contributed by atoms with Crippen molar-refractivity contribution in [1.82, 2.24) is 9.38 Å². The molecule has 1 amide bonds. The standard InChI is InChI=1S/C19H18BrN3OS/c1-3-25-12-4-9-17-22-19-14-5-7-15(21-11(2)24)18(20)13(14)6-8-16(19)23(17)10-12/h4-5,7,9-10H,3,6,8H2,1-2H3,(H,21,24). The average molecular weight is 416 g/mol. The number of anilines is 1. The van der Waals surface area contributed by atoms with Gasteiger partial charge in [-0.25, -0.2) is 4.98 Å². The number of hydrogen-bond acceptors (Lipinski definition) is 3. The molecule has 25 heavy (non-hydrogen) atoms. The van der Waals surface area contributed by atoms with Crippen LogP contribution in [0.2, 0.25) is 0 Å². The maximum Gasteiger partial charge on any atom is 0.221 e. The van der Waals surface area contributed by atoms with E-state index in [4.69, 9.17) is 4.98 Å². The lowest BCUT2D eigenvalue weighted by Gasteiger charge is -2.19. The number of amides is 1. The summed E-state index contributed by atoms with van der Waals surface area (Å²) in [6.45, 7) is 3.69. The molecule has 1 N–H and O–H groups in total. The van der Waals surface area contributed by atoms with Crippen molar-refractivity contribution in [1.29, 1.82) is 0 Å². The number of hydrogen-bond donors (Lipinski definition) is 1. The van der Waals surface area contributed by atoms with Crippen molar-refractivity contribution in [3.05, 3.63) is 46.2 Å². The van der Waals surface area contributed by atoms with Gasteiger partial charge in [0.05, 0.1) is 17.1 Å². The summed E-state index contributed by atoms with van der Waals surface area (Å²) in [6.07, 6.45) is 4.06. The highest BCUT2D eigenvalue weighted by Gasteiger charge is 2.24. The highest BCUT2D eigenvalue weighted by atomic mass is 79.9. The van der Waals surface area contributed by atoms with Crippen LogP contribution in [0.3, 0.4) is 0 Å². The molecule has 0 saturated heterocycles. The van der Waals surface area contributed by atoms with Crippen LogP contribution in [0.5, 0.6) is 0 Å². The molecule has 2 aromatic heterocycles. The number of rotatable bonds is 3. The van der Waals surface area contributed by atoms with E-state index < -0.39 is 0 Å². The number of imidazole rings is 1. The molecule has 4 nitrogen and oxygen atoms in total. The van der Waals surface area contributed by atoms with E-state index in [2.05, 4.69) is 57.0 Å². The molecule has 0 spiro atoms. The fraction of sp³-hybridized carbons (Fsp3) is 0.263. The molecule has 2 heterocycles. The Hall–Kier alpha value is -1.79. The maximum atomic E-state index is 11.4. The number of aryl methyl sites for hydroxylation is 1. The minimum Gasteiger partial charge on any atom is -0.325 e. The number of aromatic nitrogens is 2. The van der Waals surface area contributed by atoms with Gasteiger partial charge in [-0.1, -0.05) is 13.0 Å². The van der Waals surface area contributed by atoms with Gasteiger partial charge in [0.25, 0.3) is 0 Å². The largest absolute Gasteiger partial charge is 0.325 e. The third kappa shape index (κ3) is 2.87. The molecule has 0 fully saturated rings. The van der Waals surface area contributed by atoms with Crippen LogP contribution in [-0.2, 0) is 17.6 Å². The number of nitrogens with zero attached hydrogens (tertiary/aromatic N) is 2. The van der Waals surface area contributed by atoms with Gasteiger partial charge in [0.2, 0.25) is 5.91 Å². The second-order valence-corrected chi connectivity index (χ2v) is 8.20. The molecule has 0 aliphatic heterocycles. The fourth-order valence-electron chi connectivity index (χ4n) is 3.40. The lowest BCUT2D eigenvalue weighted by Crippen LogP contribution is -2.10. The number of pyridine rings is 1. The summed E-state index contributed by atoms with van der Waals surface area (Å²) in [6, 6.07) is 8.24. The molecule has 128 valence electrons. The molecule has 0 unspecified atom stereocenters. The molecule has 3 aromatic rings. The average Bonchev–Trinajstić information content (AvgIpc) is 2.95. The summed E-state index contributed by atoms with van der Waals surface area (Å²) in [5.74, 6) is 0.996. The Morgan fingerprint density at radius 3 is 2.92 bits per heavy atom. The van der Waals surface area contributed by atoms with Crippen molar-refractivity contribution in [2.75, 3.05) is 11.1 Å². The van der Waals surface area contributed by atoms with Crippen LogP contribution in [0, 0.1) is 0 Å². The van der Waals surface area contributed by atoms with E-state index in [1.165, 1.54) is 23.1 Å². The molecule has 0 atom stereocenters. The number of carbonyl (C=O) groups is 1. The predicted molar refractivity (Wildman–Crippen MR) is 106 cm³/mol. The second kappa shape index (κ2) is 6.50. The first-order valence-corrected chi connectivity index (χ1v) is 10.1. The topological polar surface area (TPSA) is 46.4 Å². The quantitative estimate of drug-likeness (QED) is 0.616. The Morgan fingerprint density at radius 2 is 2.16 bits per heavy atom. The highest BCUT2D eigenvalue weighted by molar-refractivity contribution is 9.10. The highest BCUT2D eigenvalue weighted by Crippen LogP contribution is 2.40. The Bertz CT molecular complexity index is 996. The van der Waals surface area contributed by atoms with Gasteiger partial charge in [0, 0.05) is 28.1 Å². The minimum atomic E-state index is -0.0640. The normalized spacial score (nSPS) is 12.8. The van der Waals surface area contributed by atoms with E-state index in [0.717, 1.165) is 45.7 Å². The number of halogens is 1. The van der Waals surface area contributed by atoms with Crippen molar-refractivity contribution in [2.24, 2.45) is 0 Å². The second-order valence-electron chi connectivity index (χ2n) is 6.07. The molecule has 0 saturated carbocycles. The number of thioether (sulfide) groups is 1. The van der Waals surface area contributed by atoms with Crippen LogP contribution in [-0.4, -0.2) is 21.0 Å². The van der Waals surface area contributed by atoms with Gasteiger partial charge in [-0.2, -0.15) is 0 Å². The van der Waals surface area contributed by atoms with Crippen molar-refractivity contribution in [3.63, 3.8) is 0 Å². The Kier molecular flexibility index (Phi) is 4.33. The van der Waals surface area contributed by atoms with Gasteiger partial charge >= 0.3 is 0 Å². The minimum absolute atomic E-state index is 0.0640. The van der Waals surface area contributed by atoms with Crippen molar-refractivity contribution < 1.29 is 4.79 Å². The number of benzene rings is 1. The third-order valence-electron chi connectivity index (χ3n) is 4.42. The Morgan fingerprint density at radius 1 is 1.32 bits per heavy atom. The maximum absolute atomic E-state index is 11.4. The van der Waals surface area contributed by atoms with Gasteiger partial charge in [-0.15, -0.1) is 11.8 Å². The molecule has 1 aliphatic carbocycles. The molecular formula is C19H18BrN3OS. The summed E-state index contributed by atoms with van der Waals surface area (Å²) in [7, 11) is 0. The first kappa shape index (κ1) is 16.7. The summed E-state index contributed by atoms with van der Waals surface area (Å²) in [5, 5.41) is 2.88. The van der Waals surface area contributed by atoms with Crippen molar-refractivity contribution in [2.45, 2.75) is 31.6 Å². The van der Waals surface area contributed by atoms with Crippen molar-refractivity contribution >= 4 is 44.9 Å². The first-order valence-electron chi connectivity index (χ1n) is 8.31. The SMILES string of the molecule is CCSc1ccc2nc3c(n2c1)CCc1c-3ccc(NC(C)=O)c1Br. The molecule has 0 bridgehead atoms. The number of nitrogens with one attached hydrogen (secondary N) is 1. The van der Waals surface area contributed by atoms with Crippen LogP contribution in [0.15, 0.2) is 39.8 Å². The van der Waals surface area contributed by atoms with Crippen LogP contribution < -0.4 is 5.32 Å². The Balaban J connectivity index is 1.85. The molecular weight excluding hydrogens is 398 g/mol. The van der Waals surface area contributed by atoms with E-state index in [1.807, 2.05) is 17.8 Å². The molecule has 4 rings (SSSR count). The van der Waals surface area contributed by atoms with Gasteiger partial charge < -0.3 is 9.72 Å². The van der Waals surface area contributed by atoms with Crippen LogP contribution in [0.1, 0.15) is 25.1 Å². The predicted octanol–water partition coefficient (Wildman–Crippen LogP) is 4.93. The molecule has 1 aliphatic rings. The van der Waals surface area contributed by atoms with Crippen molar-refractivity contribution in [3.8, 4) is 11.3 Å². The van der Waals surface area contributed by atoms with Crippen LogP contribution >= 0.6 is 27.7 Å². The lowest BCUT2D eigenvalue weighted by atomic mass is 9.92. The van der Waals surface area contributed by atoms with E-state index >= 15 is 0 Å². The van der Waals surface area contributed by atoms with Gasteiger partial charge in [0.1, 0.15) is 5.65 Å². The van der Waals surface area contributed by atoms with E-state index in [1.54, 1.807) is 0 Å². The summed E-state index contributed by atoms with van der Waals surface area (Å²) in [5.41, 5.74) is 6.48. The fourth-order valence-corrected chi connectivity index (χ4v) is 4.72. The van der Waals surface area contributed by atoms with Crippen LogP contribution in [0.25, 0.3) is 16.9 Å². The van der Waals surface area contributed by atoms with Gasteiger partial charge in [-0.3, -0.25) is 4.79 Å². The lowest BCUT2D eigenvalue weighted by molar-refractivity contribution is -0.114. The van der Waals surface area contributed by atoms with Gasteiger partial charge in [0.15, 0.2) is 0 Å². The van der Waals surface area contributed by atoms with E-state index in [9.17, 15) is 4.79 Å². The van der Waals surface area contributed by atoms with E-state index in [0.29, 0.717) is 0 Å². The molecule has 6 heteroatoms. The van der Waals surface area contributed by atoms with E-state index in [-0.39, 0.29) is 5.91 Å². The summed E-state index contributed by atoms with van der Waals surface area (Å²) < 4.78 is 3.19.